The van der Waals surface area contributed by atoms with Gasteiger partial charge >= 0.3 is 0 Å². The van der Waals surface area contributed by atoms with Crippen LogP contribution in [0, 0.1) is 0 Å². The van der Waals surface area contributed by atoms with Crippen molar-refractivity contribution in [3.63, 3.8) is 0 Å². The van der Waals surface area contributed by atoms with Gasteiger partial charge in [-0.15, -0.1) is 0 Å². The van der Waals surface area contributed by atoms with Gasteiger partial charge in [-0.3, -0.25) is 0 Å². The third-order valence-corrected chi connectivity index (χ3v) is 6.82. The van der Waals surface area contributed by atoms with Crippen LogP contribution in [0.1, 0.15) is 28.8 Å². The fourth-order valence-electron chi connectivity index (χ4n) is 3.57. The van der Waals surface area contributed by atoms with E-state index >= 15 is 0 Å². The summed E-state index contributed by atoms with van der Waals surface area (Å²) in [7, 11) is -3.83. The fourth-order valence-corrected chi connectivity index (χ4v) is 4.82. The second kappa shape index (κ2) is 10.4. The topological polar surface area (TPSA) is 81.4 Å². The van der Waals surface area contributed by atoms with Crippen LogP contribution in [0.2, 0.25) is 0 Å². The summed E-state index contributed by atoms with van der Waals surface area (Å²) in [4.78, 5) is 0.149. The number of hydrogen-bond donors (Lipinski definition) is 2. The number of benzene rings is 4. The number of nitrogens with two attached hydrogens (primary N) is 1. The van der Waals surface area contributed by atoms with Gasteiger partial charge in [0.25, 0.3) is 0 Å². The molecule has 0 amide bonds. The van der Waals surface area contributed by atoms with E-state index in [-0.39, 0.29) is 4.90 Å². The average Bonchev–Trinajstić information content (AvgIpc) is 2.87. The molecule has 0 aromatic heterocycles. The minimum absolute atomic E-state index is 0.149. The highest BCUT2D eigenvalue weighted by molar-refractivity contribution is 7.89. The number of nitrogens with one attached hydrogen (secondary N) is 1. The van der Waals surface area contributed by atoms with Crippen LogP contribution in [0.5, 0.6) is 5.75 Å². The molecule has 0 bridgehead atoms. The minimum atomic E-state index is -3.83. The Morgan fingerprint density at radius 3 is 1.79 bits per heavy atom. The maximum atomic E-state index is 13.2. The van der Waals surface area contributed by atoms with Gasteiger partial charge in [-0.1, -0.05) is 91.0 Å². The van der Waals surface area contributed by atoms with Crippen molar-refractivity contribution in [2.75, 3.05) is 0 Å². The number of rotatable bonds is 9. The fraction of sp³-hybridized carbons (Fsp3) is 0.111. The Morgan fingerprint density at radius 1 is 0.697 bits per heavy atom. The molecule has 0 aliphatic rings. The molecule has 4 rings (SSSR count). The Labute approximate surface area is 194 Å². The standard InChI is InChI=1S/C27H26N2O3S/c28-26(22-12-6-2-7-13-22)27(23-14-8-3-9-15-23)29-33(30,31)25-18-16-24(17-19-25)32-20-21-10-4-1-5-11-21/h1-19,26-27,29H,20,28H2/t26-,27-/m0/s1. The molecule has 0 saturated heterocycles. The van der Waals surface area contributed by atoms with Gasteiger partial charge in [0.05, 0.1) is 17.0 Å². The maximum absolute atomic E-state index is 13.2. The molecule has 4 aromatic rings. The van der Waals surface area contributed by atoms with E-state index in [0.717, 1.165) is 16.7 Å². The molecular formula is C27H26N2O3S. The van der Waals surface area contributed by atoms with Crippen molar-refractivity contribution in [2.24, 2.45) is 5.73 Å². The molecule has 2 atom stereocenters. The normalized spacial score (nSPS) is 13.2. The zero-order valence-corrected chi connectivity index (χ0v) is 18.9. The van der Waals surface area contributed by atoms with Crippen molar-refractivity contribution >= 4 is 10.0 Å². The third-order valence-electron chi connectivity index (χ3n) is 5.37. The van der Waals surface area contributed by atoms with Crippen molar-refractivity contribution in [3.8, 4) is 5.75 Å². The molecule has 0 aliphatic heterocycles. The van der Waals surface area contributed by atoms with Crippen LogP contribution in [0.25, 0.3) is 0 Å². The van der Waals surface area contributed by atoms with Crippen LogP contribution in [-0.4, -0.2) is 8.42 Å². The van der Waals surface area contributed by atoms with Crippen LogP contribution >= 0.6 is 0 Å². The number of hydrogen-bond acceptors (Lipinski definition) is 4. The molecule has 168 valence electrons. The number of ether oxygens (including phenoxy) is 1. The maximum Gasteiger partial charge on any atom is 0.241 e. The Morgan fingerprint density at radius 2 is 1.21 bits per heavy atom. The molecule has 0 unspecified atom stereocenters. The molecule has 0 aliphatic carbocycles. The second-order valence-corrected chi connectivity index (χ2v) is 9.41. The molecule has 6 heteroatoms. The third kappa shape index (κ3) is 5.87. The Kier molecular flexibility index (Phi) is 7.19. The highest BCUT2D eigenvalue weighted by Gasteiger charge is 2.27. The smallest absolute Gasteiger partial charge is 0.241 e. The highest BCUT2D eigenvalue weighted by atomic mass is 32.2. The van der Waals surface area contributed by atoms with Gasteiger partial charge in [-0.25, -0.2) is 13.1 Å². The first-order valence-corrected chi connectivity index (χ1v) is 12.2. The Balaban J connectivity index is 1.53. The summed E-state index contributed by atoms with van der Waals surface area (Å²) in [6.07, 6.45) is 0. The van der Waals surface area contributed by atoms with E-state index in [2.05, 4.69) is 4.72 Å². The van der Waals surface area contributed by atoms with Gasteiger partial charge in [0.15, 0.2) is 0 Å². The molecule has 0 fully saturated rings. The molecule has 3 N–H and O–H groups in total. The van der Waals surface area contributed by atoms with Gasteiger partial charge < -0.3 is 10.5 Å². The van der Waals surface area contributed by atoms with E-state index < -0.39 is 22.1 Å². The molecule has 0 spiro atoms. The van der Waals surface area contributed by atoms with Gasteiger partial charge in [0.1, 0.15) is 12.4 Å². The van der Waals surface area contributed by atoms with E-state index in [0.29, 0.717) is 12.4 Å². The zero-order chi connectivity index (χ0) is 23.1. The average molecular weight is 459 g/mol. The first kappa shape index (κ1) is 22.7. The lowest BCUT2D eigenvalue weighted by molar-refractivity contribution is 0.306. The van der Waals surface area contributed by atoms with Crippen LogP contribution in [-0.2, 0) is 16.6 Å². The van der Waals surface area contributed by atoms with Crippen molar-refractivity contribution in [2.45, 2.75) is 23.6 Å². The van der Waals surface area contributed by atoms with Crippen molar-refractivity contribution in [3.05, 3.63) is 132 Å². The summed E-state index contributed by atoms with van der Waals surface area (Å²) in [6, 6.07) is 33.8. The van der Waals surface area contributed by atoms with E-state index in [1.807, 2.05) is 91.0 Å². The Bertz CT molecular complexity index is 1250. The predicted molar refractivity (Wildman–Crippen MR) is 130 cm³/mol. The molecule has 0 saturated carbocycles. The predicted octanol–water partition coefficient (Wildman–Crippen LogP) is 4.99. The van der Waals surface area contributed by atoms with Gasteiger partial charge in [-0.05, 0) is 41.0 Å². The molecule has 5 nitrogen and oxygen atoms in total. The van der Waals surface area contributed by atoms with Gasteiger partial charge in [0.2, 0.25) is 10.0 Å². The van der Waals surface area contributed by atoms with Gasteiger partial charge in [0, 0.05) is 0 Å². The highest BCUT2D eigenvalue weighted by Crippen LogP contribution is 2.29. The Hall–Kier alpha value is -3.45. The first-order chi connectivity index (χ1) is 16.0. The monoisotopic (exact) mass is 458 g/mol. The summed E-state index contributed by atoms with van der Waals surface area (Å²) in [6.45, 7) is 0.410. The molecule has 4 aromatic carbocycles. The summed E-state index contributed by atoms with van der Waals surface area (Å²) < 4.78 is 35.0. The lowest BCUT2D eigenvalue weighted by Crippen LogP contribution is -2.36. The molecular weight excluding hydrogens is 432 g/mol. The first-order valence-electron chi connectivity index (χ1n) is 10.7. The van der Waals surface area contributed by atoms with Crippen LogP contribution in [0.3, 0.4) is 0 Å². The largest absolute Gasteiger partial charge is 0.489 e. The van der Waals surface area contributed by atoms with Gasteiger partial charge in [-0.2, -0.15) is 0 Å². The zero-order valence-electron chi connectivity index (χ0n) is 18.0. The van der Waals surface area contributed by atoms with Crippen molar-refractivity contribution < 1.29 is 13.2 Å². The van der Waals surface area contributed by atoms with Crippen molar-refractivity contribution in [1.29, 1.82) is 0 Å². The molecule has 0 heterocycles. The summed E-state index contributed by atoms with van der Waals surface area (Å²) >= 11 is 0. The second-order valence-electron chi connectivity index (χ2n) is 7.69. The molecule has 0 radical (unpaired) electrons. The van der Waals surface area contributed by atoms with Crippen LogP contribution in [0.15, 0.2) is 120 Å². The SMILES string of the molecule is N[C@@H](c1ccccc1)[C@@H](NS(=O)(=O)c1ccc(OCc2ccccc2)cc1)c1ccccc1. The summed E-state index contributed by atoms with van der Waals surface area (Å²) in [5.74, 6) is 0.596. The number of sulfonamides is 1. The van der Waals surface area contributed by atoms with E-state index in [1.165, 1.54) is 0 Å². The quantitative estimate of drug-likeness (QED) is 0.370. The van der Waals surface area contributed by atoms with Crippen LogP contribution in [0.4, 0.5) is 0 Å². The summed E-state index contributed by atoms with van der Waals surface area (Å²) in [5, 5.41) is 0. The molecule has 33 heavy (non-hydrogen) atoms. The summed E-state index contributed by atoms with van der Waals surface area (Å²) in [5.41, 5.74) is 9.20. The lowest BCUT2D eigenvalue weighted by atomic mass is 9.95. The lowest BCUT2D eigenvalue weighted by Gasteiger charge is -2.26. The van der Waals surface area contributed by atoms with Crippen molar-refractivity contribution in [1.82, 2.24) is 4.72 Å². The van der Waals surface area contributed by atoms with E-state index in [9.17, 15) is 8.42 Å². The van der Waals surface area contributed by atoms with Crippen LogP contribution < -0.4 is 15.2 Å². The van der Waals surface area contributed by atoms with E-state index in [4.69, 9.17) is 10.5 Å². The van der Waals surface area contributed by atoms with E-state index in [1.54, 1.807) is 24.3 Å². The minimum Gasteiger partial charge on any atom is -0.489 e.